The third-order valence-electron chi connectivity index (χ3n) is 2.85. The first kappa shape index (κ1) is 15.8. The second-order valence-electron chi connectivity index (χ2n) is 4.41. The molecular formula is C14H14N4O3S. The summed E-state index contributed by atoms with van der Waals surface area (Å²) in [4.78, 5) is 25.6. The fraction of sp³-hybridized carbons (Fsp3) is 0.143. The summed E-state index contributed by atoms with van der Waals surface area (Å²) in [6.45, 7) is 4.10. The van der Waals surface area contributed by atoms with E-state index in [0.717, 1.165) is 5.56 Å². The number of nitrogens with zero attached hydrogens (tertiary/aromatic N) is 3. The summed E-state index contributed by atoms with van der Waals surface area (Å²) in [5.41, 5.74) is 6.35. The fourth-order valence-electron chi connectivity index (χ4n) is 1.79. The molecule has 0 fully saturated rings. The summed E-state index contributed by atoms with van der Waals surface area (Å²) < 4.78 is 1.68. The number of hydrogen-bond donors (Lipinski definition) is 1. The second kappa shape index (κ2) is 6.90. The Labute approximate surface area is 130 Å². The van der Waals surface area contributed by atoms with Crippen molar-refractivity contribution in [3.8, 4) is 0 Å². The van der Waals surface area contributed by atoms with Gasteiger partial charge in [0.05, 0.1) is 4.92 Å². The van der Waals surface area contributed by atoms with Crippen LogP contribution in [0.15, 0.2) is 52.9 Å². The molecule has 22 heavy (non-hydrogen) atoms. The van der Waals surface area contributed by atoms with Gasteiger partial charge in [-0.05, 0) is 5.56 Å². The van der Waals surface area contributed by atoms with Crippen LogP contribution in [-0.2, 0) is 12.3 Å². The standard InChI is InChI=1S/C14H14N4O3S/c1-2-7-17-12(15)8-13(19)16-14(17)22-9-10-3-5-11(6-4-10)18(20)21/h2-6,8H,1,7,9,15H2. The molecule has 0 aliphatic rings. The number of nitro benzene ring substituents is 1. The molecule has 0 radical (unpaired) electrons. The van der Waals surface area contributed by atoms with E-state index in [0.29, 0.717) is 23.3 Å². The van der Waals surface area contributed by atoms with E-state index in [2.05, 4.69) is 11.6 Å². The Bertz CT molecular complexity index is 756. The van der Waals surface area contributed by atoms with Crippen molar-refractivity contribution in [1.29, 1.82) is 0 Å². The van der Waals surface area contributed by atoms with Gasteiger partial charge >= 0.3 is 0 Å². The van der Waals surface area contributed by atoms with Crippen LogP contribution in [-0.4, -0.2) is 14.5 Å². The number of anilines is 1. The molecule has 0 saturated carbocycles. The summed E-state index contributed by atoms with van der Waals surface area (Å²) in [7, 11) is 0. The van der Waals surface area contributed by atoms with Crippen LogP contribution in [0.1, 0.15) is 5.56 Å². The zero-order chi connectivity index (χ0) is 16.1. The Hall–Kier alpha value is -2.61. The van der Waals surface area contributed by atoms with Gasteiger partial charge in [0.2, 0.25) is 0 Å². The molecule has 2 N–H and O–H groups in total. The minimum Gasteiger partial charge on any atom is -0.385 e. The molecule has 0 amide bonds. The van der Waals surface area contributed by atoms with E-state index in [-0.39, 0.29) is 5.69 Å². The predicted octanol–water partition coefficient (Wildman–Crippen LogP) is 2.21. The molecule has 0 unspecified atom stereocenters. The minimum absolute atomic E-state index is 0.0411. The van der Waals surface area contributed by atoms with Gasteiger partial charge in [0, 0.05) is 30.5 Å². The normalized spacial score (nSPS) is 10.4. The lowest BCUT2D eigenvalue weighted by atomic mass is 10.2. The van der Waals surface area contributed by atoms with Gasteiger partial charge in [-0.2, -0.15) is 4.98 Å². The molecule has 114 valence electrons. The molecule has 1 aromatic carbocycles. The number of nitrogen functional groups attached to an aromatic ring is 1. The number of thioether (sulfide) groups is 1. The number of nitrogens with two attached hydrogens (primary N) is 1. The summed E-state index contributed by atoms with van der Waals surface area (Å²) in [6.07, 6.45) is 1.67. The molecule has 0 spiro atoms. The van der Waals surface area contributed by atoms with Crippen LogP contribution >= 0.6 is 11.8 Å². The smallest absolute Gasteiger partial charge is 0.275 e. The Kier molecular flexibility index (Phi) is 4.95. The van der Waals surface area contributed by atoms with Crippen molar-refractivity contribution in [2.75, 3.05) is 5.73 Å². The van der Waals surface area contributed by atoms with Gasteiger partial charge in [-0.25, -0.2) is 0 Å². The molecule has 0 atom stereocenters. The lowest BCUT2D eigenvalue weighted by Gasteiger charge is -2.12. The molecule has 1 heterocycles. The van der Waals surface area contributed by atoms with Gasteiger partial charge in [0.25, 0.3) is 11.2 Å². The van der Waals surface area contributed by atoms with Crippen molar-refractivity contribution in [3.05, 3.63) is 69.0 Å². The van der Waals surface area contributed by atoms with Gasteiger partial charge in [-0.1, -0.05) is 30.0 Å². The zero-order valence-corrected chi connectivity index (χ0v) is 12.5. The van der Waals surface area contributed by atoms with Gasteiger partial charge in [0.15, 0.2) is 5.16 Å². The maximum absolute atomic E-state index is 11.5. The quantitative estimate of drug-likeness (QED) is 0.288. The third kappa shape index (κ3) is 3.73. The lowest BCUT2D eigenvalue weighted by molar-refractivity contribution is -0.384. The molecule has 1 aromatic heterocycles. The van der Waals surface area contributed by atoms with Crippen LogP contribution in [0, 0.1) is 10.1 Å². The first-order chi connectivity index (χ1) is 10.5. The van der Waals surface area contributed by atoms with Crippen molar-refractivity contribution < 1.29 is 4.92 Å². The second-order valence-corrected chi connectivity index (χ2v) is 5.36. The molecule has 0 aliphatic carbocycles. The highest BCUT2D eigenvalue weighted by atomic mass is 32.2. The third-order valence-corrected chi connectivity index (χ3v) is 3.89. The van der Waals surface area contributed by atoms with Crippen LogP contribution in [0.4, 0.5) is 11.5 Å². The number of aromatic nitrogens is 2. The largest absolute Gasteiger partial charge is 0.385 e. The molecule has 8 heteroatoms. The molecule has 0 bridgehead atoms. The average Bonchev–Trinajstić information content (AvgIpc) is 2.48. The number of nitro groups is 1. The Balaban J connectivity index is 2.18. The van der Waals surface area contributed by atoms with Crippen LogP contribution in [0.25, 0.3) is 0 Å². The van der Waals surface area contributed by atoms with Crippen molar-refractivity contribution in [2.45, 2.75) is 17.5 Å². The first-order valence-electron chi connectivity index (χ1n) is 6.35. The van der Waals surface area contributed by atoms with E-state index in [1.807, 2.05) is 0 Å². The van der Waals surface area contributed by atoms with Crippen molar-refractivity contribution in [1.82, 2.24) is 9.55 Å². The number of benzene rings is 1. The maximum atomic E-state index is 11.5. The van der Waals surface area contributed by atoms with Crippen LogP contribution in [0.5, 0.6) is 0 Å². The van der Waals surface area contributed by atoms with E-state index >= 15 is 0 Å². The number of allylic oxidation sites excluding steroid dienone is 1. The monoisotopic (exact) mass is 318 g/mol. The highest BCUT2D eigenvalue weighted by molar-refractivity contribution is 7.98. The van der Waals surface area contributed by atoms with E-state index in [9.17, 15) is 14.9 Å². The van der Waals surface area contributed by atoms with Crippen molar-refractivity contribution >= 4 is 23.3 Å². The van der Waals surface area contributed by atoms with Crippen LogP contribution in [0.2, 0.25) is 0 Å². The highest BCUT2D eigenvalue weighted by Crippen LogP contribution is 2.23. The topological polar surface area (TPSA) is 104 Å². The van der Waals surface area contributed by atoms with Crippen LogP contribution < -0.4 is 11.3 Å². The molecule has 2 aromatic rings. The van der Waals surface area contributed by atoms with E-state index in [1.54, 1.807) is 22.8 Å². The average molecular weight is 318 g/mol. The summed E-state index contributed by atoms with van der Waals surface area (Å²) >= 11 is 1.34. The van der Waals surface area contributed by atoms with Gasteiger partial charge < -0.3 is 10.3 Å². The van der Waals surface area contributed by atoms with E-state index in [4.69, 9.17) is 5.73 Å². The Morgan fingerprint density at radius 3 is 2.68 bits per heavy atom. The number of hydrogen-bond acceptors (Lipinski definition) is 6. The predicted molar refractivity (Wildman–Crippen MR) is 85.8 cm³/mol. The summed E-state index contributed by atoms with van der Waals surface area (Å²) in [6, 6.07) is 7.50. The molecule has 7 nitrogen and oxygen atoms in total. The summed E-state index contributed by atoms with van der Waals surface area (Å²) in [5.74, 6) is 0.844. The Morgan fingerprint density at radius 1 is 1.41 bits per heavy atom. The molecule has 0 saturated heterocycles. The highest BCUT2D eigenvalue weighted by Gasteiger charge is 2.09. The van der Waals surface area contributed by atoms with Gasteiger partial charge in [0.1, 0.15) is 5.82 Å². The SMILES string of the molecule is C=CCn1c(N)cc(=O)nc1SCc1ccc([N+](=O)[O-])cc1. The fourth-order valence-corrected chi connectivity index (χ4v) is 2.76. The maximum Gasteiger partial charge on any atom is 0.275 e. The van der Waals surface area contributed by atoms with E-state index < -0.39 is 10.5 Å². The molecule has 2 rings (SSSR count). The van der Waals surface area contributed by atoms with Crippen molar-refractivity contribution in [3.63, 3.8) is 0 Å². The minimum atomic E-state index is -0.446. The van der Waals surface area contributed by atoms with Crippen molar-refractivity contribution in [2.24, 2.45) is 0 Å². The number of rotatable bonds is 6. The number of non-ortho nitro benzene ring substituents is 1. The molecule has 0 aliphatic heterocycles. The Morgan fingerprint density at radius 2 is 2.09 bits per heavy atom. The lowest BCUT2D eigenvalue weighted by Crippen LogP contribution is -2.17. The van der Waals surface area contributed by atoms with Gasteiger partial charge in [-0.15, -0.1) is 6.58 Å². The van der Waals surface area contributed by atoms with Crippen LogP contribution in [0.3, 0.4) is 0 Å². The van der Waals surface area contributed by atoms with E-state index in [1.165, 1.54) is 30.0 Å². The van der Waals surface area contributed by atoms with Gasteiger partial charge in [-0.3, -0.25) is 14.9 Å². The first-order valence-corrected chi connectivity index (χ1v) is 7.34. The zero-order valence-electron chi connectivity index (χ0n) is 11.6. The molecular weight excluding hydrogens is 304 g/mol. The summed E-state index contributed by atoms with van der Waals surface area (Å²) in [5, 5.41) is 11.1.